The van der Waals surface area contributed by atoms with Crippen molar-refractivity contribution in [2.45, 2.75) is 26.1 Å². The van der Waals surface area contributed by atoms with Gasteiger partial charge in [-0.1, -0.05) is 6.07 Å². The zero-order valence-electron chi connectivity index (χ0n) is 12.8. The monoisotopic (exact) mass is 306 g/mol. The van der Waals surface area contributed by atoms with Crippen molar-refractivity contribution in [2.24, 2.45) is 0 Å². The molecular weight excluding hydrogens is 288 g/mol. The summed E-state index contributed by atoms with van der Waals surface area (Å²) in [5, 5.41) is 0. The average molecular weight is 306 g/mol. The Labute approximate surface area is 134 Å². The molecule has 1 aliphatic rings. The van der Waals surface area contributed by atoms with Gasteiger partial charge in [0.25, 0.3) is 0 Å². The second-order valence-electron chi connectivity index (χ2n) is 5.77. The van der Waals surface area contributed by atoms with Gasteiger partial charge in [0.2, 0.25) is 0 Å². The fourth-order valence-corrected chi connectivity index (χ4v) is 2.91. The molecule has 0 fully saturated rings. The average Bonchev–Trinajstić information content (AvgIpc) is 2.95. The molecule has 0 atom stereocenters. The van der Waals surface area contributed by atoms with Crippen LogP contribution in [-0.4, -0.2) is 35.9 Å². The maximum Gasteiger partial charge on any atom is 0.178 e. The van der Waals surface area contributed by atoms with Crippen LogP contribution in [0.3, 0.4) is 0 Å². The van der Waals surface area contributed by atoms with Crippen molar-refractivity contribution in [2.75, 3.05) is 6.54 Å². The van der Waals surface area contributed by atoms with Crippen LogP contribution in [0.25, 0.3) is 11.5 Å². The first-order valence-electron chi connectivity index (χ1n) is 7.82. The second-order valence-corrected chi connectivity index (χ2v) is 5.77. The van der Waals surface area contributed by atoms with E-state index in [9.17, 15) is 0 Å². The molecular formula is C17H18N6. The Morgan fingerprint density at radius 2 is 1.91 bits per heavy atom. The quantitative estimate of drug-likeness (QED) is 0.742. The minimum Gasteiger partial charge on any atom is -0.333 e. The van der Waals surface area contributed by atoms with Crippen LogP contribution in [0.4, 0.5) is 0 Å². The molecule has 116 valence electrons. The van der Waals surface area contributed by atoms with Crippen molar-refractivity contribution in [3.05, 3.63) is 60.6 Å². The number of aromatic nitrogens is 5. The molecule has 4 rings (SSSR count). The molecule has 23 heavy (non-hydrogen) atoms. The van der Waals surface area contributed by atoms with Gasteiger partial charge in [0.15, 0.2) is 5.82 Å². The van der Waals surface area contributed by atoms with Crippen molar-refractivity contribution in [1.82, 2.24) is 29.4 Å². The highest BCUT2D eigenvalue weighted by molar-refractivity contribution is 5.47. The largest absolute Gasteiger partial charge is 0.333 e. The van der Waals surface area contributed by atoms with E-state index < -0.39 is 0 Å². The highest BCUT2D eigenvalue weighted by Gasteiger charge is 2.14. The third-order valence-corrected chi connectivity index (χ3v) is 4.06. The Morgan fingerprint density at radius 3 is 2.74 bits per heavy atom. The summed E-state index contributed by atoms with van der Waals surface area (Å²) in [4.78, 5) is 19.8. The predicted molar refractivity (Wildman–Crippen MR) is 86.2 cm³/mol. The number of hydrogen-bond acceptors (Lipinski definition) is 5. The van der Waals surface area contributed by atoms with Crippen molar-refractivity contribution < 1.29 is 0 Å². The summed E-state index contributed by atoms with van der Waals surface area (Å²) < 4.78 is 2.24. The van der Waals surface area contributed by atoms with E-state index in [1.807, 2.05) is 43.1 Å². The fourth-order valence-electron chi connectivity index (χ4n) is 2.91. The van der Waals surface area contributed by atoms with Crippen molar-refractivity contribution in [3.63, 3.8) is 0 Å². The molecule has 0 radical (unpaired) electrons. The third-order valence-electron chi connectivity index (χ3n) is 4.06. The summed E-state index contributed by atoms with van der Waals surface area (Å²) in [5.74, 6) is 0.670. The summed E-state index contributed by atoms with van der Waals surface area (Å²) >= 11 is 0. The van der Waals surface area contributed by atoms with Crippen LogP contribution >= 0.6 is 0 Å². The molecule has 0 N–H and O–H groups in total. The van der Waals surface area contributed by atoms with Crippen molar-refractivity contribution in [1.29, 1.82) is 0 Å². The molecule has 0 amide bonds. The van der Waals surface area contributed by atoms with E-state index in [0.717, 1.165) is 43.9 Å². The lowest BCUT2D eigenvalue weighted by atomic mass is 10.2. The number of nitrogens with zero attached hydrogens (tertiary/aromatic N) is 6. The van der Waals surface area contributed by atoms with E-state index in [2.05, 4.69) is 29.4 Å². The Hall–Kier alpha value is -2.60. The molecule has 6 nitrogen and oxygen atoms in total. The van der Waals surface area contributed by atoms with Crippen LogP contribution in [0.1, 0.15) is 17.7 Å². The summed E-state index contributed by atoms with van der Waals surface area (Å²) in [6.45, 7) is 3.89. The van der Waals surface area contributed by atoms with Gasteiger partial charge < -0.3 is 4.57 Å². The van der Waals surface area contributed by atoms with Gasteiger partial charge in [0.1, 0.15) is 5.69 Å². The van der Waals surface area contributed by atoms with Gasteiger partial charge in [-0.05, 0) is 18.6 Å². The van der Waals surface area contributed by atoms with E-state index in [-0.39, 0.29) is 0 Å². The number of rotatable bonds is 3. The SMILES string of the molecule is c1ccc(-c2ncc(CN3CCCn4cncc4C3)cn2)nc1. The maximum atomic E-state index is 4.45. The summed E-state index contributed by atoms with van der Waals surface area (Å²) in [6.07, 6.45) is 10.6. The van der Waals surface area contributed by atoms with E-state index in [4.69, 9.17) is 0 Å². The molecule has 0 spiro atoms. The van der Waals surface area contributed by atoms with Gasteiger partial charge in [-0.15, -0.1) is 0 Å². The van der Waals surface area contributed by atoms with Crippen LogP contribution in [0.5, 0.6) is 0 Å². The molecule has 0 unspecified atom stereocenters. The van der Waals surface area contributed by atoms with Gasteiger partial charge in [-0.3, -0.25) is 9.88 Å². The minimum atomic E-state index is 0.670. The Balaban J connectivity index is 1.47. The number of hydrogen-bond donors (Lipinski definition) is 0. The normalized spacial score (nSPS) is 15.1. The Morgan fingerprint density at radius 1 is 1.00 bits per heavy atom. The third kappa shape index (κ3) is 3.12. The number of fused-ring (bicyclic) bond motifs is 1. The first kappa shape index (κ1) is 14.0. The van der Waals surface area contributed by atoms with Crippen LogP contribution in [0.15, 0.2) is 49.3 Å². The molecule has 4 heterocycles. The number of pyridine rings is 1. The van der Waals surface area contributed by atoms with Crippen molar-refractivity contribution >= 4 is 0 Å². The van der Waals surface area contributed by atoms with Gasteiger partial charge in [-0.2, -0.15) is 0 Å². The Kier molecular flexibility index (Phi) is 3.81. The van der Waals surface area contributed by atoms with E-state index in [1.54, 1.807) is 6.20 Å². The lowest BCUT2D eigenvalue weighted by Crippen LogP contribution is -2.23. The highest BCUT2D eigenvalue weighted by atomic mass is 15.2. The maximum absolute atomic E-state index is 4.45. The van der Waals surface area contributed by atoms with E-state index in [0.29, 0.717) is 5.82 Å². The predicted octanol–water partition coefficient (Wildman–Crippen LogP) is 2.14. The molecule has 6 heteroatoms. The van der Waals surface area contributed by atoms with Crippen LogP contribution in [0, 0.1) is 0 Å². The lowest BCUT2D eigenvalue weighted by Gasteiger charge is -2.19. The van der Waals surface area contributed by atoms with Gasteiger partial charge in [0, 0.05) is 56.5 Å². The molecule has 3 aromatic rings. The zero-order valence-corrected chi connectivity index (χ0v) is 12.8. The molecule has 0 saturated carbocycles. The Bertz CT molecular complexity index is 765. The molecule has 0 saturated heterocycles. The van der Waals surface area contributed by atoms with Gasteiger partial charge >= 0.3 is 0 Å². The van der Waals surface area contributed by atoms with E-state index in [1.165, 1.54) is 5.69 Å². The minimum absolute atomic E-state index is 0.670. The lowest BCUT2D eigenvalue weighted by molar-refractivity contribution is 0.260. The van der Waals surface area contributed by atoms with Gasteiger partial charge in [-0.25, -0.2) is 15.0 Å². The van der Waals surface area contributed by atoms with Crippen LogP contribution < -0.4 is 0 Å². The standard InChI is InChI=1S/C17H18N6/c1-2-5-19-16(4-1)17-20-8-14(9-21-17)11-22-6-3-7-23-13-18-10-15(23)12-22/h1-2,4-5,8-10,13H,3,6-7,11-12H2. The molecule has 3 aromatic heterocycles. The number of imidazole rings is 1. The van der Waals surface area contributed by atoms with Crippen LogP contribution in [0.2, 0.25) is 0 Å². The van der Waals surface area contributed by atoms with Crippen molar-refractivity contribution in [3.8, 4) is 11.5 Å². The topological polar surface area (TPSA) is 59.7 Å². The first-order chi connectivity index (χ1) is 11.4. The van der Waals surface area contributed by atoms with Crippen LogP contribution in [-0.2, 0) is 19.6 Å². The molecule has 0 bridgehead atoms. The zero-order chi connectivity index (χ0) is 15.5. The summed E-state index contributed by atoms with van der Waals surface area (Å²) in [6, 6.07) is 5.76. The summed E-state index contributed by atoms with van der Waals surface area (Å²) in [5.41, 5.74) is 3.20. The molecule has 1 aliphatic heterocycles. The smallest absolute Gasteiger partial charge is 0.178 e. The fraction of sp³-hybridized carbons (Fsp3) is 0.294. The highest BCUT2D eigenvalue weighted by Crippen LogP contribution is 2.15. The van der Waals surface area contributed by atoms with Gasteiger partial charge in [0.05, 0.1) is 12.0 Å². The summed E-state index contributed by atoms with van der Waals surface area (Å²) in [7, 11) is 0. The number of aryl methyl sites for hydroxylation is 1. The second kappa shape index (κ2) is 6.26. The van der Waals surface area contributed by atoms with E-state index >= 15 is 0 Å². The first-order valence-corrected chi connectivity index (χ1v) is 7.82. The molecule has 0 aliphatic carbocycles. The molecule has 0 aromatic carbocycles.